The largest absolute Gasteiger partial charge is 0.385 e. The first kappa shape index (κ1) is 15.5. The van der Waals surface area contributed by atoms with E-state index in [1.807, 2.05) is 11.8 Å². The molecule has 1 atom stereocenters. The highest BCUT2D eigenvalue weighted by atomic mass is 32.2. The molecule has 1 unspecified atom stereocenters. The second kappa shape index (κ2) is 8.50. The van der Waals surface area contributed by atoms with E-state index in [1.165, 1.54) is 0 Å². The zero-order valence-corrected chi connectivity index (χ0v) is 12.2. The van der Waals surface area contributed by atoms with Crippen molar-refractivity contribution in [2.45, 2.75) is 38.5 Å². The van der Waals surface area contributed by atoms with Crippen molar-refractivity contribution in [1.29, 1.82) is 0 Å². The first-order chi connectivity index (χ1) is 8.63. The lowest BCUT2D eigenvalue weighted by Gasteiger charge is -2.05. The number of hydrogen-bond acceptors (Lipinski definition) is 6. The molecule has 104 valence electrons. The fourth-order valence-electron chi connectivity index (χ4n) is 1.43. The van der Waals surface area contributed by atoms with Gasteiger partial charge >= 0.3 is 0 Å². The Morgan fingerprint density at radius 2 is 2.22 bits per heavy atom. The maximum absolute atomic E-state index is 5.97. The summed E-state index contributed by atoms with van der Waals surface area (Å²) in [6.45, 7) is 5.10. The first-order valence-corrected chi connectivity index (χ1v) is 7.43. The van der Waals surface area contributed by atoms with Crippen LogP contribution in [0.2, 0.25) is 0 Å². The van der Waals surface area contributed by atoms with Gasteiger partial charge in [-0.15, -0.1) is 0 Å². The lowest BCUT2D eigenvalue weighted by atomic mass is 10.2. The molecule has 1 heterocycles. The number of nitrogens with zero attached hydrogens (tertiary/aromatic N) is 2. The zero-order chi connectivity index (χ0) is 13.4. The molecule has 0 aliphatic carbocycles. The molecule has 1 rings (SSSR count). The molecule has 0 amide bonds. The predicted octanol–water partition coefficient (Wildman–Crippen LogP) is 2.39. The molecule has 1 aromatic heterocycles. The van der Waals surface area contributed by atoms with Crippen molar-refractivity contribution >= 4 is 11.8 Å². The molecule has 1 aromatic rings. The van der Waals surface area contributed by atoms with Gasteiger partial charge in [-0.3, -0.25) is 0 Å². The Morgan fingerprint density at radius 1 is 1.44 bits per heavy atom. The van der Waals surface area contributed by atoms with Crippen LogP contribution in [0.1, 0.15) is 44.4 Å². The Morgan fingerprint density at radius 3 is 2.89 bits per heavy atom. The van der Waals surface area contributed by atoms with Crippen LogP contribution in [0.3, 0.4) is 0 Å². The highest BCUT2D eigenvalue weighted by Gasteiger charge is 2.14. The van der Waals surface area contributed by atoms with Crippen molar-refractivity contribution in [3.05, 3.63) is 11.7 Å². The molecule has 2 N–H and O–H groups in total. The van der Waals surface area contributed by atoms with Gasteiger partial charge in [-0.2, -0.15) is 16.7 Å². The van der Waals surface area contributed by atoms with Crippen molar-refractivity contribution in [3.8, 4) is 0 Å². The average molecular weight is 273 g/mol. The summed E-state index contributed by atoms with van der Waals surface area (Å²) in [5.74, 6) is 3.83. The number of aromatic nitrogens is 2. The van der Waals surface area contributed by atoms with Gasteiger partial charge in [-0.25, -0.2) is 0 Å². The molecule has 0 aliphatic rings. The molecule has 0 saturated heterocycles. The minimum Gasteiger partial charge on any atom is -0.385 e. The number of ether oxygens (including phenoxy) is 1. The number of rotatable bonds is 9. The van der Waals surface area contributed by atoms with E-state index >= 15 is 0 Å². The lowest BCUT2D eigenvalue weighted by Crippen LogP contribution is -2.11. The third-order valence-electron chi connectivity index (χ3n) is 2.35. The molecular formula is C12H23N3O2S. The van der Waals surface area contributed by atoms with Crippen molar-refractivity contribution in [3.63, 3.8) is 0 Å². The predicted molar refractivity (Wildman–Crippen MR) is 73.3 cm³/mol. The van der Waals surface area contributed by atoms with Gasteiger partial charge in [0.15, 0.2) is 5.82 Å². The molecule has 18 heavy (non-hydrogen) atoms. The molecule has 0 radical (unpaired) electrons. The Kier molecular flexibility index (Phi) is 7.31. The van der Waals surface area contributed by atoms with Gasteiger partial charge < -0.3 is 15.0 Å². The van der Waals surface area contributed by atoms with Gasteiger partial charge in [-0.1, -0.05) is 19.0 Å². The van der Waals surface area contributed by atoms with E-state index in [9.17, 15) is 0 Å². The van der Waals surface area contributed by atoms with Crippen LogP contribution in [0.25, 0.3) is 0 Å². The monoisotopic (exact) mass is 273 g/mol. The summed E-state index contributed by atoms with van der Waals surface area (Å²) in [5, 5.41) is 3.94. The highest BCUT2D eigenvalue weighted by Crippen LogP contribution is 2.17. The maximum Gasteiger partial charge on any atom is 0.243 e. The zero-order valence-electron chi connectivity index (χ0n) is 11.4. The lowest BCUT2D eigenvalue weighted by molar-refractivity contribution is 0.188. The minimum absolute atomic E-state index is 0.184. The summed E-state index contributed by atoms with van der Waals surface area (Å²) >= 11 is 1.82. The van der Waals surface area contributed by atoms with Crippen LogP contribution < -0.4 is 5.73 Å². The van der Waals surface area contributed by atoms with Gasteiger partial charge in [0.05, 0.1) is 11.8 Å². The van der Waals surface area contributed by atoms with E-state index in [2.05, 4.69) is 24.0 Å². The maximum atomic E-state index is 5.97. The first-order valence-electron chi connectivity index (χ1n) is 6.28. The van der Waals surface area contributed by atoms with Crippen molar-refractivity contribution in [1.82, 2.24) is 10.1 Å². The number of thioether (sulfide) groups is 1. The van der Waals surface area contributed by atoms with Gasteiger partial charge in [0.25, 0.3) is 0 Å². The number of hydrogen-bond donors (Lipinski definition) is 1. The van der Waals surface area contributed by atoms with E-state index in [-0.39, 0.29) is 6.04 Å². The molecular weight excluding hydrogens is 250 g/mol. The Balaban J connectivity index is 2.32. The SMILES string of the molecule is COCCCC(N)c1nc(CSCC(C)C)no1. The normalized spacial score (nSPS) is 13.2. The molecule has 5 nitrogen and oxygen atoms in total. The Hall–Kier alpha value is -0.590. The quantitative estimate of drug-likeness (QED) is 0.696. The fraction of sp³-hybridized carbons (Fsp3) is 0.833. The van der Waals surface area contributed by atoms with Gasteiger partial charge in [-0.05, 0) is 24.5 Å². The van der Waals surface area contributed by atoms with Crippen LogP contribution in [0, 0.1) is 5.92 Å². The van der Waals surface area contributed by atoms with Crippen molar-refractivity contribution in [2.75, 3.05) is 19.5 Å². The van der Waals surface area contributed by atoms with Crippen LogP contribution in [0.4, 0.5) is 0 Å². The molecule has 0 saturated carbocycles. The number of nitrogens with two attached hydrogens (primary N) is 1. The second-order valence-corrected chi connectivity index (χ2v) is 5.73. The highest BCUT2D eigenvalue weighted by molar-refractivity contribution is 7.98. The smallest absolute Gasteiger partial charge is 0.243 e. The van der Waals surface area contributed by atoms with Gasteiger partial charge in [0, 0.05) is 13.7 Å². The third kappa shape index (κ3) is 5.84. The van der Waals surface area contributed by atoms with E-state index in [4.69, 9.17) is 15.0 Å². The van der Waals surface area contributed by atoms with E-state index in [0.29, 0.717) is 18.4 Å². The van der Waals surface area contributed by atoms with Crippen LogP contribution in [0.5, 0.6) is 0 Å². The summed E-state index contributed by atoms with van der Waals surface area (Å²) in [6, 6.07) is -0.184. The van der Waals surface area contributed by atoms with Gasteiger partial charge in [0.1, 0.15) is 0 Å². The minimum atomic E-state index is -0.184. The Labute approximate surface area is 113 Å². The van der Waals surface area contributed by atoms with Crippen LogP contribution in [-0.4, -0.2) is 29.6 Å². The summed E-state index contributed by atoms with van der Waals surface area (Å²) in [4.78, 5) is 4.32. The van der Waals surface area contributed by atoms with E-state index in [0.717, 1.165) is 30.2 Å². The summed E-state index contributed by atoms with van der Waals surface area (Å²) in [6.07, 6.45) is 1.70. The molecule has 6 heteroatoms. The van der Waals surface area contributed by atoms with E-state index < -0.39 is 0 Å². The van der Waals surface area contributed by atoms with Crippen molar-refractivity contribution in [2.24, 2.45) is 11.7 Å². The number of methoxy groups -OCH3 is 1. The second-order valence-electron chi connectivity index (χ2n) is 4.70. The Bertz CT molecular complexity index is 331. The summed E-state index contributed by atoms with van der Waals surface area (Å²) in [7, 11) is 1.68. The standard InChI is InChI=1S/C12H23N3O2S/c1-9(2)7-18-8-11-14-12(17-15-11)10(13)5-4-6-16-3/h9-10H,4-8,13H2,1-3H3. The van der Waals surface area contributed by atoms with Crippen molar-refractivity contribution < 1.29 is 9.26 Å². The molecule has 0 aromatic carbocycles. The topological polar surface area (TPSA) is 74.2 Å². The van der Waals surface area contributed by atoms with Gasteiger partial charge in [0.2, 0.25) is 5.89 Å². The molecule has 0 bridgehead atoms. The van der Waals surface area contributed by atoms with E-state index in [1.54, 1.807) is 7.11 Å². The molecule has 0 fully saturated rings. The van der Waals surface area contributed by atoms with Crippen LogP contribution >= 0.6 is 11.8 Å². The van der Waals surface area contributed by atoms with Crippen LogP contribution in [0.15, 0.2) is 4.52 Å². The third-order valence-corrected chi connectivity index (χ3v) is 3.71. The summed E-state index contributed by atoms with van der Waals surface area (Å²) in [5.41, 5.74) is 5.97. The molecule has 0 aliphatic heterocycles. The fourth-order valence-corrected chi connectivity index (χ4v) is 2.32. The average Bonchev–Trinajstić information content (AvgIpc) is 2.77. The summed E-state index contributed by atoms with van der Waals surface area (Å²) < 4.78 is 10.2. The molecule has 0 spiro atoms. The van der Waals surface area contributed by atoms with Crippen LogP contribution in [-0.2, 0) is 10.5 Å².